The van der Waals surface area contributed by atoms with Crippen LogP contribution in [0.5, 0.6) is 0 Å². The highest BCUT2D eigenvalue weighted by atomic mass is 35.5. The average molecular weight is 166 g/mol. The lowest BCUT2D eigenvalue weighted by Gasteiger charge is -2.15. The number of nitrogens with two attached hydrogens (primary N) is 1. The van der Waals surface area contributed by atoms with Gasteiger partial charge in [-0.3, -0.25) is 10.2 Å². The first-order chi connectivity index (χ1) is 4.57. The van der Waals surface area contributed by atoms with Gasteiger partial charge in [-0.15, -0.1) is 11.6 Å². The van der Waals surface area contributed by atoms with Crippen molar-refractivity contribution in [2.24, 2.45) is 5.73 Å². The van der Waals surface area contributed by atoms with Gasteiger partial charge in [0.15, 0.2) is 5.96 Å². The lowest BCUT2D eigenvalue weighted by Crippen LogP contribution is -2.39. The van der Waals surface area contributed by atoms with E-state index >= 15 is 0 Å². The minimum atomic E-state index is -1.06. The zero-order valence-electron chi connectivity index (χ0n) is 5.17. The van der Waals surface area contributed by atoms with E-state index in [0.717, 1.165) is 4.90 Å². The predicted octanol–water partition coefficient (Wildman–Crippen LogP) is -0.537. The molecule has 0 aromatic rings. The van der Waals surface area contributed by atoms with E-state index in [-0.39, 0.29) is 18.5 Å². The van der Waals surface area contributed by atoms with E-state index in [1.807, 2.05) is 0 Å². The fourth-order valence-electron chi connectivity index (χ4n) is 0.355. The number of halogens is 1. The summed E-state index contributed by atoms with van der Waals surface area (Å²) in [5, 5.41) is 15.0. The largest absolute Gasteiger partial charge is 0.480 e. The highest BCUT2D eigenvalue weighted by Gasteiger charge is 2.07. The Balaban J connectivity index is 3.83. The smallest absolute Gasteiger partial charge is 0.323 e. The van der Waals surface area contributed by atoms with Gasteiger partial charge in [0.25, 0.3) is 0 Å². The van der Waals surface area contributed by atoms with Crippen molar-refractivity contribution in [3.05, 3.63) is 0 Å². The van der Waals surface area contributed by atoms with Gasteiger partial charge >= 0.3 is 5.97 Å². The minimum absolute atomic E-state index is 0.0817. The number of hydrogen-bond donors (Lipinski definition) is 3. The van der Waals surface area contributed by atoms with Crippen LogP contribution < -0.4 is 5.73 Å². The third-order valence-electron chi connectivity index (χ3n) is 0.811. The van der Waals surface area contributed by atoms with Crippen molar-refractivity contribution in [2.75, 3.05) is 12.5 Å². The lowest BCUT2D eigenvalue weighted by molar-refractivity contribution is -0.137. The Hall–Kier alpha value is -0.970. The fraction of sp³-hybridized carbons (Fsp3) is 0.500. The number of nitrogens with zero attached hydrogens (tertiary/aromatic N) is 1. The number of carbonyl (C=O) groups is 1. The highest BCUT2D eigenvalue weighted by molar-refractivity contribution is 6.18. The topological polar surface area (TPSA) is 90.4 Å². The van der Waals surface area contributed by atoms with Crippen LogP contribution in [0.4, 0.5) is 0 Å². The first-order valence-corrected chi connectivity index (χ1v) is 2.98. The van der Waals surface area contributed by atoms with E-state index in [2.05, 4.69) is 0 Å². The molecule has 0 aromatic heterocycles. The molecule has 0 aromatic carbocycles. The van der Waals surface area contributed by atoms with Crippen LogP contribution in [0, 0.1) is 5.41 Å². The lowest BCUT2D eigenvalue weighted by atomic mass is 10.6. The maximum atomic E-state index is 10.0. The molecule has 58 valence electrons. The van der Waals surface area contributed by atoms with E-state index < -0.39 is 5.97 Å². The molecule has 0 bridgehead atoms. The number of carboxylic acids is 1. The molecular formula is C4H8ClN3O2. The van der Waals surface area contributed by atoms with Gasteiger partial charge in [0.05, 0.1) is 6.00 Å². The van der Waals surface area contributed by atoms with Gasteiger partial charge in [-0.25, -0.2) is 0 Å². The summed E-state index contributed by atoms with van der Waals surface area (Å²) in [5.74, 6) is -1.40. The molecule has 0 aliphatic carbocycles. The fourth-order valence-corrected chi connectivity index (χ4v) is 0.568. The zero-order valence-corrected chi connectivity index (χ0v) is 5.93. The van der Waals surface area contributed by atoms with E-state index in [1.165, 1.54) is 0 Å². The maximum absolute atomic E-state index is 10.0. The molecule has 0 heterocycles. The van der Waals surface area contributed by atoms with Crippen LogP contribution in [0.3, 0.4) is 0 Å². The molecule has 4 N–H and O–H groups in total. The molecule has 0 atom stereocenters. The molecule has 0 rings (SSSR count). The Morgan fingerprint density at radius 2 is 2.30 bits per heavy atom. The van der Waals surface area contributed by atoms with Gasteiger partial charge in [0.2, 0.25) is 0 Å². The van der Waals surface area contributed by atoms with Gasteiger partial charge in [0, 0.05) is 0 Å². The minimum Gasteiger partial charge on any atom is -0.480 e. The average Bonchev–Trinajstić information content (AvgIpc) is 1.81. The SMILES string of the molecule is N=C(N)N(CCl)CC(=O)O. The van der Waals surface area contributed by atoms with Crippen LogP contribution in [-0.2, 0) is 4.79 Å². The quantitative estimate of drug-likeness (QED) is 0.227. The molecule has 0 saturated carbocycles. The molecule has 0 saturated heterocycles. The summed E-state index contributed by atoms with van der Waals surface area (Å²) < 4.78 is 0. The van der Waals surface area contributed by atoms with Gasteiger partial charge < -0.3 is 15.7 Å². The highest BCUT2D eigenvalue weighted by Crippen LogP contribution is 1.88. The van der Waals surface area contributed by atoms with Gasteiger partial charge in [0.1, 0.15) is 6.54 Å². The summed E-state index contributed by atoms with van der Waals surface area (Å²) in [6.45, 7) is -0.334. The number of hydrogen-bond acceptors (Lipinski definition) is 2. The molecule has 0 radical (unpaired) electrons. The Morgan fingerprint density at radius 3 is 2.40 bits per heavy atom. The van der Waals surface area contributed by atoms with E-state index in [9.17, 15) is 4.79 Å². The molecular weight excluding hydrogens is 158 g/mol. The molecule has 0 amide bonds. The van der Waals surface area contributed by atoms with Crippen LogP contribution in [0.25, 0.3) is 0 Å². The number of nitrogens with one attached hydrogen (secondary N) is 1. The van der Waals surface area contributed by atoms with Gasteiger partial charge in [-0.2, -0.15) is 0 Å². The van der Waals surface area contributed by atoms with Crippen molar-refractivity contribution >= 4 is 23.5 Å². The van der Waals surface area contributed by atoms with Crippen LogP contribution in [0.2, 0.25) is 0 Å². The van der Waals surface area contributed by atoms with Crippen molar-refractivity contribution in [3.63, 3.8) is 0 Å². The summed E-state index contributed by atoms with van der Waals surface area (Å²) in [6, 6.07) is -0.0817. The normalized spacial score (nSPS) is 8.90. The molecule has 0 fully saturated rings. The van der Waals surface area contributed by atoms with Crippen molar-refractivity contribution < 1.29 is 9.90 Å². The Bertz CT molecular complexity index is 149. The molecule has 5 nitrogen and oxygen atoms in total. The second kappa shape index (κ2) is 3.94. The van der Waals surface area contributed by atoms with Crippen molar-refractivity contribution in [1.82, 2.24) is 4.90 Å². The Labute approximate surface area is 62.9 Å². The molecule has 10 heavy (non-hydrogen) atoms. The molecule has 0 spiro atoms. The first-order valence-electron chi connectivity index (χ1n) is 2.44. The predicted molar refractivity (Wildman–Crippen MR) is 37.0 cm³/mol. The number of guanidine groups is 1. The molecule has 0 aliphatic heterocycles. The Kier molecular flexibility index (Phi) is 3.56. The third-order valence-corrected chi connectivity index (χ3v) is 1.10. The molecule has 0 aliphatic rings. The standard InChI is InChI=1S/C4H8ClN3O2/c5-2-8(4(6)7)1-3(9)10/h1-2H2,(H3,6,7)(H,9,10). The van der Waals surface area contributed by atoms with Crippen LogP contribution in [-0.4, -0.2) is 34.5 Å². The Morgan fingerprint density at radius 1 is 1.80 bits per heavy atom. The van der Waals surface area contributed by atoms with Crippen molar-refractivity contribution in [2.45, 2.75) is 0 Å². The van der Waals surface area contributed by atoms with E-state index in [1.54, 1.807) is 0 Å². The number of rotatable bonds is 3. The zero-order chi connectivity index (χ0) is 8.15. The number of aliphatic carboxylic acids is 1. The van der Waals surface area contributed by atoms with Crippen LogP contribution in [0.15, 0.2) is 0 Å². The number of carboxylic acid groups (broad SMARTS) is 1. The molecule has 0 unspecified atom stereocenters. The summed E-state index contributed by atoms with van der Waals surface area (Å²) in [6.07, 6.45) is 0. The second-order valence-electron chi connectivity index (χ2n) is 1.60. The number of alkyl halides is 1. The van der Waals surface area contributed by atoms with Crippen molar-refractivity contribution in [1.29, 1.82) is 5.41 Å². The van der Waals surface area contributed by atoms with Crippen LogP contribution in [0.1, 0.15) is 0 Å². The first kappa shape index (κ1) is 9.03. The van der Waals surface area contributed by atoms with Crippen LogP contribution >= 0.6 is 11.6 Å². The summed E-state index contributed by atoms with van der Waals surface area (Å²) in [5.41, 5.74) is 4.96. The summed E-state index contributed by atoms with van der Waals surface area (Å²) in [4.78, 5) is 11.0. The summed E-state index contributed by atoms with van der Waals surface area (Å²) in [7, 11) is 0. The van der Waals surface area contributed by atoms with Gasteiger partial charge in [-0.1, -0.05) is 0 Å². The maximum Gasteiger partial charge on any atom is 0.323 e. The molecule has 6 heteroatoms. The monoisotopic (exact) mass is 165 g/mol. The second-order valence-corrected chi connectivity index (χ2v) is 1.84. The third kappa shape index (κ3) is 3.13. The van der Waals surface area contributed by atoms with E-state index in [4.69, 9.17) is 27.9 Å². The summed E-state index contributed by atoms with van der Waals surface area (Å²) >= 11 is 5.25. The van der Waals surface area contributed by atoms with E-state index in [0.29, 0.717) is 0 Å². The van der Waals surface area contributed by atoms with Gasteiger partial charge in [-0.05, 0) is 0 Å². The van der Waals surface area contributed by atoms with Crippen molar-refractivity contribution in [3.8, 4) is 0 Å².